The van der Waals surface area contributed by atoms with E-state index in [0.29, 0.717) is 23.9 Å². The van der Waals surface area contributed by atoms with Crippen LogP contribution in [0.5, 0.6) is 11.5 Å². The molecule has 1 aromatic heterocycles. The van der Waals surface area contributed by atoms with Gasteiger partial charge in [-0.1, -0.05) is 23.7 Å². The summed E-state index contributed by atoms with van der Waals surface area (Å²) in [6.07, 6.45) is 3.27. The molecule has 3 N–H and O–H groups in total. The molecule has 1 heterocycles. The second kappa shape index (κ2) is 11.8. The molecule has 142 valence electrons. The van der Waals surface area contributed by atoms with Gasteiger partial charge < -0.3 is 20.5 Å². The second-order valence-electron chi connectivity index (χ2n) is 5.41. The molecule has 0 spiro atoms. The molecule has 26 heavy (non-hydrogen) atoms. The molecule has 0 aliphatic rings. The lowest BCUT2D eigenvalue weighted by atomic mass is 10.1. The van der Waals surface area contributed by atoms with Gasteiger partial charge in [0.25, 0.3) is 0 Å². The maximum absolute atomic E-state index is 9.96. The molecular formula is C18H24ClIN4O2. The van der Waals surface area contributed by atoms with Gasteiger partial charge in [0.2, 0.25) is 0 Å². The smallest absolute Gasteiger partial charge is 0.190 e. The summed E-state index contributed by atoms with van der Waals surface area (Å²) < 4.78 is 5.08. The fourth-order valence-electron chi connectivity index (χ4n) is 2.30. The van der Waals surface area contributed by atoms with Crippen molar-refractivity contribution >= 4 is 41.5 Å². The summed E-state index contributed by atoms with van der Waals surface area (Å²) in [4.78, 5) is 8.25. The number of aliphatic imine (C=N–C) groups is 1. The number of aromatic hydroxyl groups is 1. The van der Waals surface area contributed by atoms with Crippen LogP contribution in [0.4, 0.5) is 0 Å². The average Bonchev–Trinajstić information content (AvgIpc) is 2.63. The molecule has 2 rings (SSSR count). The van der Waals surface area contributed by atoms with Gasteiger partial charge >= 0.3 is 0 Å². The summed E-state index contributed by atoms with van der Waals surface area (Å²) in [6, 6.07) is 9.05. The van der Waals surface area contributed by atoms with Crippen LogP contribution in [0, 0.1) is 0 Å². The monoisotopic (exact) mass is 490 g/mol. The van der Waals surface area contributed by atoms with E-state index in [4.69, 9.17) is 16.3 Å². The molecule has 0 atom stereocenters. The molecule has 6 nitrogen and oxygen atoms in total. The summed E-state index contributed by atoms with van der Waals surface area (Å²) >= 11 is 5.77. The minimum absolute atomic E-state index is 0. The predicted molar refractivity (Wildman–Crippen MR) is 116 cm³/mol. The fraction of sp³-hybridized carbons (Fsp3) is 0.333. The number of aromatic nitrogens is 1. The molecule has 0 saturated heterocycles. The SMILES string of the molecule is CN=C(NCCc1ccc(Cl)nc1)NCCc1ccc(OC)cc1O.I. The normalized spacial score (nSPS) is 10.8. The lowest BCUT2D eigenvalue weighted by Gasteiger charge is -2.12. The molecule has 0 radical (unpaired) electrons. The van der Waals surface area contributed by atoms with E-state index < -0.39 is 0 Å². The van der Waals surface area contributed by atoms with Crippen LogP contribution in [0.15, 0.2) is 41.5 Å². The Morgan fingerprint density at radius 2 is 1.92 bits per heavy atom. The lowest BCUT2D eigenvalue weighted by molar-refractivity contribution is 0.406. The van der Waals surface area contributed by atoms with E-state index >= 15 is 0 Å². The number of pyridine rings is 1. The summed E-state index contributed by atoms with van der Waals surface area (Å²) in [6.45, 7) is 1.39. The topological polar surface area (TPSA) is 78.8 Å². The highest BCUT2D eigenvalue weighted by Gasteiger charge is 2.04. The van der Waals surface area contributed by atoms with Crippen LogP contribution >= 0.6 is 35.6 Å². The molecule has 8 heteroatoms. The molecule has 0 aliphatic carbocycles. The third-order valence-corrected chi connectivity index (χ3v) is 3.92. The number of guanidine groups is 1. The number of benzene rings is 1. The summed E-state index contributed by atoms with van der Waals surface area (Å²) in [7, 11) is 3.30. The molecule has 0 bridgehead atoms. The van der Waals surface area contributed by atoms with E-state index in [2.05, 4.69) is 20.6 Å². The van der Waals surface area contributed by atoms with Gasteiger partial charge in [-0.15, -0.1) is 24.0 Å². The van der Waals surface area contributed by atoms with E-state index in [1.807, 2.05) is 18.2 Å². The van der Waals surface area contributed by atoms with Crippen LogP contribution in [-0.4, -0.2) is 43.3 Å². The number of nitrogens with zero attached hydrogens (tertiary/aromatic N) is 2. The van der Waals surface area contributed by atoms with E-state index in [1.54, 1.807) is 32.5 Å². The summed E-state index contributed by atoms with van der Waals surface area (Å²) in [5.74, 6) is 1.60. The minimum atomic E-state index is 0. The van der Waals surface area contributed by atoms with Gasteiger partial charge in [-0.25, -0.2) is 4.98 Å². The van der Waals surface area contributed by atoms with Crippen molar-refractivity contribution in [1.29, 1.82) is 0 Å². The van der Waals surface area contributed by atoms with Crippen molar-refractivity contribution in [2.45, 2.75) is 12.8 Å². The molecule has 1 aromatic carbocycles. The van der Waals surface area contributed by atoms with Gasteiger partial charge in [0.1, 0.15) is 16.7 Å². The number of phenolic OH excluding ortho intramolecular Hbond substituents is 1. The molecule has 2 aromatic rings. The molecule has 0 aliphatic heterocycles. The van der Waals surface area contributed by atoms with E-state index in [9.17, 15) is 5.11 Å². The second-order valence-corrected chi connectivity index (χ2v) is 5.80. The summed E-state index contributed by atoms with van der Waals surface area (Å²) in [5.41, 5.74) is 1.96. The van der Waals surface area contributed by atoms with Crippen molar-refractivity contribution in [3.8, 4) is 11.5 Å². The first-order chi connectivity index (χ1) is 12.1. The van der Waals surface area contributed by atoms with Crippen LogP contribution < -0.4 is 15.4 Å². The summed E-state index contributed by atoms with van der Waals surface area (Å²) in [5, 5.41) is 16.9. The highest BCUT2D eigenvalue weighted by molar-refractivity contribution is 14.0. The fourth-order valence-corrected chi connectivity index (χ4v) is 2.41. The number of nitrogens with one attached hydrogen (secondary N) is 2. The number of hydrogen-bond acceptors (Lipinski definition) is 4. The molecule has 0 fully saturated rings. The highest BCUT2D eigenvalue weighted by atomic mass is 127. The molecule has 0 unspecified atom stereocenters. The zero-order chi connectivity index (χ0) is 18.1. The Balaban J connectivity index is 0.00000338. The van der Waals surface area contributed by atoms with Gasteiger partial charge in [-0.3, -0.25) is 4.99 Å². The van der Waals surface area contributed by atoms with Crippen molar-refractivity contribution in [3.05, 3.63) is 52.8 Å². The van der Waals surface area contributed by atoms with Gasteiger partial charge in [0.05, 0.1) is 7.11 Å². The standard InChI is InChI=1S/C18H23ClN4O2.HI/c1-20-18(21-9-7-13-3-6-17(19)23-12-13)22-10-8-14-4-5-15(25-2)11-16(14)24;/h3-6,11-12,24H,7-10H2,1-2H3,(H2,20,21,22);1H. The maximum atomic E-state index is 9.96. The molecule has 0 amide bonds. The van der Waals surface area contributed by atoms with E-state index in [-0.39, 0.29) is 29.7 Å². The Hall–Kier alpha value is -1.74. The van der Waals surface area contributed by atoms with Crippen molar-refractivity contribution in [3.63, 3.8) is 0 Å². The third-order valence-electron chi connectivity index (χ3n) is 3.70. The first kappa shape index (κ1) is 22.3. The first-order valence-corrected chi connectivity index (χ1v) is 8.41. The number of hydrogen-bond donors (Lipinski definition) is 3. The zero-order valence-electron chi connectivity index (χ0n) is 14.8. The number of halogens is 2. The van der Waals surface area contributed by atoms with Crippen LogP contribution in [-0.2, 0) is 12.8 Å². The maximum Gasteiger partial charge on any atom is 0.190 e. The van der Waals surface area contributed by atoms with Crippen molar-refractivity contribution in [2.75, 3.05) is 27.2 Å². The number of ether oxygens (including phenoxy) is 1. The van der Waals surface area contributed by atoms with Crippen molar-refractivity contribution in [2.24, 2.45) is 4.99 Å². The van der Waals surface area contributed by atoms with Gasteiger partial charge in [-0.05, 0) is 36.1 Å². The Labute approximate surface area is 176 Å². The van der Waals surface area contributed by atoms with E-state index in [0.717, 1.165) is 30.1 Å². The third kappa shape index (κ3) is 7.25. The molecule has 0 saturated carbocycles. The number of methoxy groups -OCH3 is 1. The van der Waals surface area contributed by atoms with Crippen molar-refractivity contribution < 1.29 is 9.84 Å². The van der Waals surface area contributed by atoms with E-state index in [1.165, 1.54) is 0 Å². The number of rotatable bonds is 7. The van der Waals surface area contributed by atoms with Crippen LogP contribution in [0.1, 0.15) is 11.1 Å². The van der Waals surface area contributed by atoms with Crippen LogP contribution in [0.25, 0.3) is 0 Å². The van der Waals surface area contributed by atoms with Gasteiger partial charge in [-0.2, -0.15) is 0 Å². The zero-order valence-corrected chi connectivity index (χ0v) is 17.9. The number of phenols is 1. The predicted octanol–water partition coefficient (Wildman–Crippen LogP) is 3.02. The van der Waals surface area contributed by atoms with Crippen LogP contribution in [0.2, 0.25) is 5.15 Å². The largest absolute Gasteiger partial charge is 0.508 e. The lowest BCUT2D eigenvalue weighted by Crippen LogP contribution is -2.39. The minimum Gasteiger partial charge on any atom is -0.508 e. The quantitative estimate of drug-likeness (QED) is 0.241. The Kier molecular flexibility index (Phi) is 10.1. The van der Waals surface area contributed by atoms with Crippen LogP contribution in [0.3, 0.4) is 0 Å². The van der Waals surface area contributed by atoms with Gasteiger partial charge in [0, 0.05) is 32.4 Å². The first-order valence-electron chi connectivity index (χ1n) is 8.03. The highest BCUT2D eigenvalue weighted by Crippen LogP contribution is 2.23. The average molecular weight is 491 g/mol. The molecular weight excluding hydrogens is 467 g/mol. The Morgan fingerprint density at radius 1 is 1.19 bits per heavy atom. The Bertz CT molecular complexity index is 711. The van der Waals surface area contributed by atoms with Crippen molar-refractivity contribution in [1.82, 2.24) is 15.6 Å². The Morgan fingerprint density at radius 3 is 2.50 bits per heavy atom. The van der Waals surface area contributed by atoms with Gasteiger partial charge in [0.15, 0.2) is 5.96 Å².